The third-order valence-corrected chi connectivity index (χ3v) is 3.59. The molecule has 0 bridgehead atoms. The highest BCUT2D eigenvalue weighted by molar-refractivity contribution is 7.15. The molecule has 72 valence electrons. The molecule has 0 fully saturated rings. The Hall–Kier alpha value is -1.15. The predicted molar refractivity (Wildman–Crippen MR) is 61.7 cm³/mol. The van der Waals surface area contributed by atoms with Crippen molar-refractivity contribution in [2.45, 2.75) is 20.3 Å². The molecular formula is C12H13NS. The van der Waals surface area contributed by atoms with Crippen molar-refractivity contribution in [3.8, 4) is 10.6 Å². The average molecular weight is 203 g/mol. The molecule has 2 heteroatoms. The first-order valence-corrected chi connectivity index (χ1v) is 5.64. The normalized spacial score (nSPS) is 10.4. The summed E-state index contributed by atoms with van der Waals surface area (Å²) in [4.78, 5) is 5.96. The van der Waals surface area contributed by atoms with Gasteiger partial charge >= 0.3 is 0 Å². The number of aromatic nitrogens is 1. The van der Waals surface area contributed by atoms with Crippen LogP contribution in [-0.2, 0) is 6.42 Å². The van der Waals surface area contributed by atoms with E-state index < -0.39 is 0 Å². The summed E-state index contributed by atoms with van der Waals surface area (Å²) in [6.45, 7) is 4.26. The molecule has 0 spiro atoms. The van der Waals surface area contributed by atoms with E-state index in [1.165, 1.54) is 16.1 Å². The van der Waals surface area contributed by atoms with Crippen molar-refractivity contribution >= 4 is 11.3 Å². The van der Waals surface area contributed by atoms with Crippen LogP contribution in [0.15, 0.2) is 30.3 Å². The van der Waals surface area contributed by atoms with Crippen molar-refractivity contribution in [2.75, 3.05) is 0 Å². The maximum absolute atomic E-state index is 4.57. The summed E-state index contributed by atoms with van der Waals surface area (Å²) in [5, 5.41) is 1.14. The molecule has 0 aliphatic carbocycles. The summed E-state index contributed by atoms with van der Waals surface area (Å²) in [6, 6.07) is 10.4. The van der Waals surface area contributed by atoms with Crippen LogP contribution in [0.1, 0.15) is 17.5 Å². The summed E-state index contributed by atoms with van der Waals surface area (Å²) in [5.74, 6) is 0. The highest BCUT2D eigenvalue weighted by Gasteiger charge is 2.06. The quantitative estimate of drug-likeness (QED) is 0.725. The van der Waals surface area contributed by atoms with Crippen LogP contribution in [0.5, 0.6) is 0 Å². The van der Waals surface area contributed by atoms with Crippen molar-refractivity contribution < 1.29 is 0 Å². The predicted octanol–water partition coefficient (Wildman–Crippen LogP) is 3.68. The minimum absolute atomic E-state index is 1.08. The van der Waals surface area contributed by atoms with Gasteiger partial charge in [-0.25, -0.2) is 4.98 Å². The van der Waals surface area contributed by atoms with Crippen LogP contribution < -0.4 is 0 Å². The molecular weight excluding hydrogens is 190 g/mol. The molecule has 0 atom stereocenters. The fourth-order valence-corrected chi connectivity index (χ4v) is 2.47. The van der Waals surface area contributed by atoms with Gasteiger partial charge in [-0.1, -0.05) is 37.3 Å². The molecule has 1 heterocycles. The Bertz CT molecular complexity index is 417. The smallest absolute Gasteiger partial charge is 0.123 e. The number of hydrogen-bond donors (Lipinski definition) is 0. The molecule has 2 rings (SSSR count). The third kappa shape index (κ3) is 1.70. The molecule has 0 N–H and O–H groups in total. The Morgan fingerprint density at radius 1 is 1.21 bits per heavy atom. The van der Waals surface area contributed by atoms with E-state index in [9.17, 15) is 0 Å². The van der Waals surface area contributed by atoms with Crippen LogP contribution >= 0.6 is 11.3 Å². The SMILES string of the molecule is CCc1sc(-c2ccccc2)nc1C. The van der Waals surface area contributed by atoms with Crippen LogP contribution in [0, 0.1) is 6.92 Å². The van der Waals surface area contributed by atoms with Gasteiger partial charge in [0, 0.05) is 10.4 Å². The number of nitrogens with zero attached hydrogens (tertiary/aromatic N) is 1. The van der Waals surface area contributed by atoms with Crippen molar-refractivity contribution in [2.24, 2.45) is 0 Å². The molecule has 0 radical (unpaired) electrons. The summed E-state index contributed by atoms with van der Waals surface area (Å²) in [6.07, 6.45) is 1.08. The molecule has 14 heavy (non-hydrogen) atoms. The number of benzene rings is 1. The standard InChI is InChI=1S/C12H13NS/c1-3-11-9(2)13-12(14-11)10-7-5-4-6-8-10/h4-8H,3H2,1-2H3. The minimum atomic E-state index is 1.08. The molecule has 0 saturated heterocycles. The molecule has 0 aliphatic heterocycles. The molecule has 2 aromatic rings. The minimum Gasteiger partial charge on any atom is -0.241 e. The van der Waals surface area contributed by atoms with Crippen LogP contribution in [0.25, 0.3) is 10.6 Å². The lowest BCUT2D eigenvalue weighted by atomic mass is 10.2. The van der Waals surface area contributed by atoms with E-state index in [0.717, 1.165) is 11.4 Å². The lowest BCUT2D eigenvalue weighted by molar-refractivity contribution is 1.11. The third-order valence-electron chi connectivity index (χ3n) is 2.23. The molecule has 0 aliphatic rings. The fraction of sp³-hybridized carbons (Fsp3) is 0.250. The van der Waals surface area contributed by atoms with Gasteiger partial charge < -0.3 is 0 Å². The first-order chi connectivity index (χ1) is 6.81. The average Bonchev–Trinajstić information content (AvgIpc) is 2.61. The lowest BCUT2D eigenvalue weighted by Crippen LogP contribution is -1.78. The summed E-state index contributed by atoms with van der Waals surface area (Å²) in [7, 11) is 0. The van der Waals surface area contributed by atoms with Crippen molar-refractivity contribution in [3.05, 3.63) is 40.9 Å². The van der Waals surface area contributed by atoms with E-state index in [-0.39, 0.29) is 0 Å². The Morgan fingerprint density at radius 3 is 2.50 bits per heavy atom. The van der Waals surface area contributed by atoms with Crippen LogP contribution in [0.3, 0.4) is 0 Å². The van der Waals surface area contributed by atoms with Gasteiger partial charge in [-0.3, -0.25) is 0 Å². The zero-order chi connectivity index (χ0) is 9.97. The maximum Gasteiger partial charge on any atom is 0.123 e. The summed E-state index contributed by atoms with van der Waals surface area (Å²) < 4.78 is 0. The largest absolute Gasteiger partial charge is 0.241 e. The van der Waals surface area contributed by atoms with E-state index in [0.29, 0.717) is 0 Å². The molecule has 1 aromatic carbocycles. The number of rotatable bonds is 2. The van der Waals surface area contributed by atoms with Gasteiger partial charge in [0.25, 0.3) is 0 Å². The van der Waals surface area contributed by atoms with Gasteiger partial charge in [-0.05, 0) is 13.3 Å². The zero-order valence-electron chi connectivity index (χ0n) is 8.45. The Balaban J connectivity index is 2.43. The van der Waals surface area contributed by atoms with Crippen LogP contribution in [0.2, 0.25) is 0 Å². The van der Waals surface area contributed by atoms with E-state index >= 15 is 0 Å². The molecule has 1 nitrogen and oxygen atoms in total. The van der Waals surface area contributed by atoms with Gasteiger partial charge in [0.1, 0.15) is 5.01 Å². The maximum atomic E-state index is 4.57. The summed E-state index contributed by atoms with van der Waals surface area (Å²) in [5.41, 5.74) is 2.40. The molecule has 0 amide bonds. The van der Waals surface area contributed by atoms with E-state index in [2.05, 4.69) is 43.1 Å². The lowest BCUT2D eigenvalue weighted by Gasteiger charge is -1.92. The second kappa shape index (κ2) is 3.93. The first-order valence-electron chi connectivity index (χ1n) is 4.83. The van der Waals surface area contributed by atoms with Crippen molar-refractivity contribution in [1.29, 1.82) is 0 Å². The van der Waals surface area contributed by atoms with E-state index in [1.807, 2.05) is 6.07 Å². The molecule has 1 aromatic heterocycles. The highest BCUT2D eigenvalue weighted by atomic mass is 32.1. The fourth-order valence-electron chi connectivity index (χ4n) is 1.46. The monoisotopic (exact) mass is 203 g/mol. The second-order valence-corrected chi connectivity index (χ2v) is 4.33. The topological polar surface area (TPSA) is 12.9 Å². The van der Waals surface area contributed by atoms with Crippen molar-refractivity contribution in [3.63, 3.8) is 0 Å². The van der Waals surface area contributed by atoms with Gasteiger partial charge in [0.05, 0.1) is 5.69 Å². The Kier molecular flexibility index (Phi) is 2.64. The Morgan fingerprint density at radius 2 is 1.93 bits per heavy atom. The van der Waals surface area contributed by atoms with Crippen LogP contribution in [0.4, 0.5) is 0 Å². The van der Waals surface area contributed by atoms with E-state index in [4.69, 9.17) is 0 Å². The number of aryl methyl sites for hydroxylation is 2. The first kappa shape index (κ1) is 9.41. The number of hydrogen-bond acceptors (Lipinski definition) is 2. The van der Waals surface area contributed by atoms with E-state index in [1.54, 1.807) is 11.3 Å². The van der Waals surface area contributed by atoms with Crippen LogP contribution in [-0.4, -0.2) is 4.98 Å². The van der Waals surface area contributed by atoms with Gasteiger partial charge in [-0.15, -0.1) is 11.3 Å². The van der Waals surface area contributed by atoms with Crippen molar-refractivity contribution in [1.82, 2.24) is 4.98 Å². The number of thiazole rings is 1. The second-order valence-electron chi connectivity index (χ2n) is 3.25. The zero-order valence-corrected chi connectivity index (χ0v) is 9.27. The van der Waals surface area contributed by atoms with Gasteiger partial charge in [-0.2, -0.15) is 0 Å². The Labute approximate surface area is 88.4 Å². The molecule has 0 saturated carbocycles. The summed E-state index contributed by atoms with van der Waals surface area (Å²) >= 11 is 1.80. The van der Waals surface area contributed by atoms with Gasteiger partial charge in [0.2, 0.25) is 0 Å². The highest BCUT2D eigenvalue weighted by Crippen LogP contribution is 2.27. The molecule has 0 unspecified atom stereocenters. The van der Waals surface area contributed by atoms with Gasteiger partial charge in [0.15, 0.2) is 0 Å².